The molecule has 1 N–H and O–H groups in total. The second-order valence-corrected chi connectivity index (χ2v) is 7.53. The van der Waals surface area contributed by atoms with Crippen LogP contribution in [0.15, 0.2) is 42.6 Å². The molecule has 1 aromatic heterocycles. The molecule has 27 heavy (non-hydrogen) atoms. The molecule has 4 rings (SSSR count). The number of carbonyl (C=O) groups is 1. The molecule has 1 aliphatic carbocycles. The minimum atomic E-state index is -0.943. The fraction of sp³-hybridized carbons (Fsp3) is 0.333. The lowest BCUT2D eigenvalue weighted by atomic mass is 10.1. The van der Waals surface area contributed by atoms with Gasteiger partial charge in [0.15, 0.2) is 0 Å². The van der Waals surface area contributed by atoms with Crippen molar-refractivity contribution < 1.29 is 14.6 Å². The normalized spacial score (nSPS) is 14.7. The van der Waals surface area contributed by atoms with Gasteiger partial charge in [-0.3, -0.25) is 4.68 Å². The summed E-state index contributed by atoms with van der Waals surface area (Å²) >= 11 is 6.21. The highest BCUT2D eigenvalue weighted by atomic mass is 35.5. The maximum atomic E-state index is 11.1. The average molecular weight is 385 g/mol. The lowest BCUT2D eigenvalue weighted by Crippen LogP contribution is -2.10. The Balaban J connectivity index is 1.58. The zero-order valence-electron chi connectivity index (χ0n) is 14.9. The molecule has 6 heteroatoms. The molecule has 0 bridgehead atoms. The van der Waals surface area contributed by atoms with Crippen LogP contribution in [-0.4, -0.2) is 27.5 Å². The Kier molecular flexibility index (Phi) is 5.03. The summed E-state index contributed by atoms with van der Waals surface area (Å²) in [5.41, 5.74) is 2.10. The minimum Gasteiger partial charge on any atom is -0.493 e. The van der Waals surface area contributed by atoms with E-state index in [0.717, 1.165) is 28.8 Å². The number of carboxylic acid groups (broad SMARTS) is 1. The van der Waals surface area contributed by atoms with E-state index in [-0.39, 0.29) is 5.56 Å². The van der Waals surface area contributed by atoms with E-state index >= 15 is 0 Å². The smallest absolute Gasteiger partial charge is 0.335 e. The SMILES string of the molecule is O=C(O)c1ccc2c(cnn2Cc2cc(Cl)ccc2OCC2CCCC2)c1. The summed E-state index contributed by atoms with van der Waals surface area (Å²) in [4.78, 5) is 11.1. The molecule has 0 aliphatic heterocycles. The van der Waals surface area contributed by atoms with Gasteiger partial charge in [0.05, 0.1) is 30.4 Å². The van der Waals surface area contributed by atoms with Crippen molar-refractivity contribution in [3.8, 4) is 5.75 Å². The molecule has 0 saturated heterocycles. The van der Waals surface area contributed by atoms with Gasteiger partial charge in [-0.15, -0.1) is 0 Å². The number of benzene rings is 2. The number of aromatic nitrogens is 2. The molecule has 0 unspecified atom stereocenters. The van der Waals surface area contributed by atoms with Crippen LogP contribution in [-0.2, 0) is 6.54 Å². The molecule has 5 nitrogen and oxygen atoms in total. The zero-order valence-corrected chi connectivity index (χ0v) is 15.7. The summed E-state index contributed by atoms with van der Waals surface area (Å²) in [5, 5.41) is 15.0. The van der Waals surface area contributed by atoms with Crippen molar-refractivity contribution in [2.24, 2.45) is 5.92 Å². The molecule has 0 amide bonds. The molecular weight excluding hydrogens is 364 g/mol. The van der Waals surface area contributed by atoms with Crippen LogP contribution in [0.1, 0.15) is 41.6 Å². The van der Waals surface area contributed by atoms with Gasteiger partial charge in [0, 0.05) is 16.0 Å². The first-order chi connectivity index (χ1) is 13.1. The Morgan fingerprint density at radius 3 is 2.81 bits per heavy atom. The van der Waals surface area contributed by atoms with Crippen LogP contribution in [0, 0.1) is 5.92 Å². The number of ether oxygens (including phenoxy) is 1. The highest BCUT2D eigenvalue weighted by molar-refractivity contribution is 6.30. The van der Waals surface area contributed by atoms with Gasteiger partial charge in [0.2, 0.25) is 0 Å². The maximum absolute atomic E-state index is 11.1. The van der Waals surface area contributed by atoms with Gasteiger partial charge in [0.1, 0.15) is 5.75 Å². The third-order valence-electron chi connectivity index (χ3n) is 5.18. The number of fused-ring (bicyclic) bond motifs is 1. The molecule has 0 spiro atoms. The van der Waals surface area contributed by atoms with Gasteiger partial charge < -0.3 is 9.84 Å². The van der Waals surface area contributed by atoms with E-state index in [1.165, 1.54) is 25.7 Å². The van der Waals surface area contributed by atoms with Gasteiger partial charge >= 0.3 is 5.97 Å². The van der Waals surface area contributed by atoms with Crippen molar-refractivity contribution in [2.45, 2.75) is 32.2 Å². The standard InChI is InChI=1S/C21H21ClN2O3/c22-18-6-8-20(27-13-14-3-1-2-4-14)17(10-18)12-24-19-7-5-15(21(25)26)9-16(19)11-23-24/h5-11,14H,1-4,12-13H2,(H,25,26). The number of carboxylic acids is 1. The Bertz CT molecular complexity index is 977. The van der Waals surface area contributed by atoms with Gasteiger partial charge in [-0.25, -0.2) is 4.79 Å². The first-order valence-corrected chi connectivity index (χ1v) is 9.58. The van der Waals surface area contributed by atoms with Crippen LogP contribution in [0.5, 0.6) is 5.75 Å². The average Bonchev–Trinajstić information content (AvgIpc) is 3.31. The first kappa shape index (κ1) is 17.9. The zero-order chi connectivity index (χ0) is 18.8. The topological polar surface area (TPSA) is 64.3 Å². The highest BCUT2D eigenvalue weighted by Gasteiger charge is 2.17. The molecule has 3 aromatic rings. The number of hydrogen-bond acceptors (Lipinski definition) is 3. The molecule has 0 radical (unpaired) electrons. The van der Waals surface area contributed by atoms with Crippen LogP contribution < -0.4 is 4.74 Å². The molecule has 2 aromatic carbocycles. The van der Waals surface area contributed by atoms with E-state index in [2.05, 4.69) is 5.10 Å². The van der Waals surface area contributed by atoms with Gasteiger partial charge in [-0.2, -0.15) is 5.10 Å². The molecule has 1 heterocycles. The number of nitrogens with zero attached hydrogens (tertiary/aromatic N) is 2. The summed E-state index contributed by atoms with van der Waals surface area (Å²) in [7, 11) is 0. The van der Waals surface area contributed by atoms with Crippen molar-refractivity contribution in [3.05, 3.63) is 58.7 Å². The van der Waals surface area contributed by atoms with Crippen molar-refractivity contribution in [2.75, 3.05) is 6.61 Å². The molecule has 140 valence electrons. The Labute approximate surface area is 162 Å². The Morgan fingerprint density at radius 1 is 1.22 bits per heavy atom. The maximum Gasteiger partial charge on any atom is 0.335 e. The van der Waals surface area contributed by atoms with E-state index < -0.39 is 5.97 Å². The fourth-order valence-corrected chi connectivity index (χ4v) is 3.90. The lowest BCUT2D eigenvalue weighted by Gasteiger charge is -2.15. The third kappa shape index (κ3) is 3.93. The molecule has 1 fully saturated rings. The van der Waals surface area contributed by atoms with E-state index in [4.69, 9.17) is 21.4 Å². The first-order valence-electron chi connectivity index (χ1n) is 9.20. The number of rotatable bonds is 6. The van der Waals surface area contributed by atoms with Crippen molar-refractivity contribution in [1.82, 2.24) is 9.78 Å². The molecule has 1 aliphatic rings. The quantitative estimate of drug-likeness (QED) is 0.649. The minimum absolute atomic E-state index is 0.255. The van der Waals surface area contributed by atoms with Crippen molar-refractivity contribution >= 4 is 28.5 Å². The summed E-state index contributed by atoms with van der Waals surface area (Å²) in [6.07, 6.45) is 6.74. The number of halogens is 1. The second-order valence-electron chi connectivity index (χ2n) is 7.09. The highest BCUT2D eigenvalue weighted by Crippen LogP contribution is 2.29. The molecule has 0 atom stereocenters. The Hall–Kier alpha value is -2.53. The van der Waals surface area contributed by atoms with Gasteiger partial charge in [-0.05, 0) is 55.2 Å². The number of aromatic carboxylic acids is 1. The van der Waals surface area contributed by atoms with Crippen LogP contribution in [0.3, 0.4) is 0 Å². The van der Waals surface area contributed by atoms with E-state index in [9.17, 15) is 4.79 Å². The van der Waals surface area contributed by atoms with Crippen LogP contribution in [0.4, 0.5) is 0 Å². The predicted molar refractivity (Wildman–Crippen MR) is 105 cm³/mol. The predicted octanol–water partition coefficient (Wildman–Crippen LogP) is 5.01. The largest absolute Gasteiger partial charge is 0.493 e. The van der Waals surface area contributed by atoms with Crippen molar-refractivity contribution in [3.63, 3.8) is 0 Å². The second kappa shape index (κ2) is 7.61. The van der Waals surface area contributed by atoms with E-state index in [0.29, 0.717) is 17.5 Å². The fourth-order valence-electron chi connectivity index (χ4n) is 3.70. The summed E-state index contributed by atoms with van der Waals surface area (Å²) in [5.74, 6) is 0.521. The van der Waals surface area contributed by atoms with Gasteiger partial charge in [-0.1, -0.05) is 24.4 Å². The van der Waals surface area contributed by atoms with Crippen LogP contribution in [0.2, 0.25) is 5.02 Å². The van der Waals surface area contributed by atoms with E-state index in [1.54, 1.807) is 24.4 Å². The van der Waals surface area contributed by atoms with Gasteiger partial charge in [0.25, 0.3) is 0 Å². The third-order valence-corrected chi connectivity index (χ3v) is 5.42. The summed E-state index contributed by atoms with van der Waals surface area (Å²) < 4.78 is 7.95. The molecular formula is C21H21ClN2O3. The van der Waals surface area contributed by atoms with Crippen LogP contribution >= 0.6 is 11.6 Å². The number of hydrogen-bond donors (Lipinski definition) is 1. The molecule has 1 saturated carbocycles. The summed E-state index contributed by atoms with van der Waals surface area (Å²) in [6.45, 7) is 1.24. The van der Waals surface area contributed by atoms with Crippen molar-refractivity contribution in [1.29, 1.82) is 0 Å². The monoisotopic (exact) mass is 384 g/mol. The summed E-state index contributed by atoms with van der Waals surface area (Å²) in [6, 6.07) is 10.7. The van der Waals surface area contributed by atoms with Crippen LogP contribution in [0.25, 0.3) is 10.9 Å². The Morgan fingerprint density at radius 2 is 2.04 bits per heavy atom. The van der Waals surface area contributed by atoms with E-state index in [1.807, 2.05) is 22.9 Å². The lowest BCUT2D eigenvalue weighted by molar-refractivity contribution is 0.0697.